The van der Waals surface area contributed by atoms with Crippen LogP contribution in [0.25, 0.3) is 0 Å². The van der Waals surface area contributed by atoms with Crippen LogP contribution in [0.1, 0.15) is 33.5 Å². The number of carbonyl (C=O) groups is 1. The SMILES string of the molecule is Cc1ccc(CCCNC(=O)c2cccc([N+](=O)[O-])c2C)cc1. The summed E-state index contributed by atoms with van der Waals surface area (Å²) in [5, 5.41) is 13.7. The number of amides is 1. The van der Waals surface area contributed by atoms with Gasteiger partial charge in [0, 0.05) is 23.7 Å². The van der Waals surface area contributed by atoms with Crippen molar-refractivity contribution in [3.63, 3.8) is 0 Å². The highest BCUT2D eigenvalue weighted by atomic mass is 16.6. The summed E-state index contributed by atoms with van der Waals surface area (Å²) in [6.07, 6.45) is 1.71. The van der Waals surface area contributed by atoms with Crippen LogP contribution in [0.15, 0.2) is 42.5 Å². The van der Waals surface area contributed by atoms with Gasteiger partial charge in [0.15, 0.2) is 0 Å². The van der Waals surface area contributed by atoms with E-state index in [0.29, 0.717) is 17.7 Å². The van der Waals surface area contributed by atoms with Crippen LogP contribution in [0.3, 0.4) is 0 Å². The summed E-state index contributed by atoms with van der Waals surface area (Å²) in [6.45, 7) is 4.18. The number of hydrogen-bond acceptors (Lipinski definition) is 3. The van der Waals surface area contributed by atoms with E-state index in [2.05, 4.69) is 29.6 Å². The van der Waals surface area contributed by atoms with E-state index in [4.69, 9.17) is 0 Å². The van der Waals surface area contributed by atoms with E-state index in [-0.39, 0.29) is 11.6 Å². The predicted octanol–water partition coefficient (Wildman–Crippen LogP) is 3.57. The molecule has 0 aliphatic carbocycles. The number of aryl methyl sites for hydroxylation is 2. The fourth-order valence-electron chi connectivity index (χ4n) is 2.41. The van der Waals surface area contributed by atoms with Gasteiger partial charge in [0.25, 0.3) is 11.6 Å². The van der Waals surface area contributed by atoms with E-state index in [0.717, 1.165) is 12.8 Å². The minimum absolute atomic E-state index is 0.0303. The van der Waals surface area contributed by atoms with Crippen molar-refractivity contribution in [2.45, 2.75) is 26.7 Å². The Morgan fingerprint density at radius 2 is 1.83 bits per heavy atom. The molecule has 120 valence electrons. The summed E-state index contributed by atoms with van der Waals surface area (Å²) >= 11 is 0. The second kappa shape index (κ2) is 7.54. The summed E-state index contributed by atoms with van der Waals surface area (Å²) in [5.74, 6) is -0.268. The lowest BCUT2D eigenvalue weighted by atomic mass is 10.1. The number of nitro groups is 1. The number of benzene rings is 2. The van der Waals surface area contributed by atoms with Gasteiger partial charge in [-0.3, -0.25) is 14.9 Å². The number of nitrogens with one attached hydrogen (secondary N) is 1. The minimum atomic E-state index is -0.469. The molecule has 2 aromatic rings. The lowest BCUT2D eigenvalue weighted by Gasteiger charge is -2.08. The highest BCUT2D eigenvalue weighted by molar-refractivity contribution is 5.96. The molecule has 0 aromatic heterocycles. The van der Waals surface area contributed by atoms with Crippen LogP contribution in [0, 0.1) is 24.0 Å². The molecule has 1 N–H and O–H groups in total. The third-order valence-corrected chi connectivity index (χ3v) is 3.79. The van der Waals surface area contributed by atoms with Crippen molar-refractivity contribution < 1.29 is 9.72 Å². The molecule has 0 bridgehead atoms. The average Bonchev–Trinajstić information content (AvgIpc) is 2.53. The van der Waals surface area contributed by atoms with E-state index in [9.17, 15) is 14.9 Å². The number of nitro benzene ring substituents is 1. The number of carbonyl (C=O) groups excluding carboxylic acids is 1. The average molecular weight is 312 g/mol. The highest BCUT2D eigenvalue weighted by Gasteiger charge is 2.17. The van der Waals surface area contributed by atoms with Crippen molar-refractivity contribution in [3.05, 3.63) is 74.8 Å². The quantitative estimate of drug-likeness (QED) is 0.503. The number of rotatable bonds is 6. The Kier molecular flexibility index (Phi) is 5.46. The second-order valence-electron chi connectivity index (χ2n) is 5.55. The van der Waals surface area contributed by atoms with Gasteiger partial charge in [0.2, 0.25) is 0 Å². The largest absolute Gasteiger partial charge is 0.352 e. The summed E-state index contributed by atoms with van der Waals surface area (Å²) < 4.78 is 0. The smallest absolute Gasteiger partial charge is 0.273 e. The van der Waals surface area contributed by atoms with Crippen LogP contribution in [0.2, 0.25) is 0 Å². The zero-order chi connectivity index (χ0) is 16.8. The summed E-state index contributed by atoms with van der Waals surface area (Å²) in [6, 6.07) is 12.9. The Hall–Kier alpha value is -2.69. The molecule has 0 heterocycles. The zero-order valence-corrected chi connectivity index (χ0v) is 13.3. The van der Waals surface area contributed by atoms with Crippen LogP contribution >= 0.6 is 0 Å². The van der Waals surface area contributed by atoms with Crippen LogP contribution < -0.4 is 5.32 Å². The van der Waals surface area contributed by atoms with Crippen LogP contribution in [-0.2, 0) is 6.42 Å². The molecule has 0 saturated carbocycles. The topological polar surface area (TPSA) is 72.2 Å². The maximum Gasteiger partial charge on any atom is 0.273 e. The van der Waals surface area contributed by atoms with Crippen molar-refractivity contribution >= 4 is 11.6 Å². The highest BCUT2D eigenvalue weighted by Crippen LogP contribution is 2.20. The van der Waals surface area contributed by atoms with Gasteiger partial charge in [-0.1, -0.05) is 35.9 Å². The number of nitrogens with zero attached hydrogens (tertiary/aromatic N) is 1. The first kappa shape index (κ1) is 16.7. The van der Waals surface area contributed by atoms with E-state index in [1.165, 1.54) is 23.3 Å². The molecule has 2 aromatic carbocycles. The maximum atomic E-state index is 12.2. The van der Waals surface area contributed by atoms with Crippen molar-refractivity contribution in [1.29, 1.82) is 0 Å². The number of hydrogen-bond donors (Lipinski definition) is 1. The molecule has 5 nitrogen and oxygen atoms in total. The lowest BCUT2D eigenvalue weighted by molar-refractivity contribution is -0.385. The molecule has 0 fully saturated rings. The first-order valence-corrected chi connectivity index (χ1v) is 7.57. The summed E-state index contributed by atoms with van der Waals surface area (Å²) in [7, 11) is 0. The Labute approximate surface area is 135 Å². The lowest BCUT2D eigenvalue weighted by Crippen LogP contribution is -2.25. The van der Waals surface area contributed by atoms with Crippen molar-refractivity contribution in [2.75, 3.05) is 6.54 Å². The van der Waals surface area contributed by atoms with Crippen LogP contribution in [-0.4, -0.2) is 17.4 Å². The fourth-order valence-corrected chi connectivity index (χ4v) is 2.41. The maximum absolute atomic E-state index is 12.2. The van der Waals surface area contributed by atoms with Crippen molar-refractivity contribution in [3.8, 4) is 0 Å². The molecular weight excluding hydrogens is 292 g/mol. The Bertz CT molecular complexity index is 709. The molecule has 0 spiro atoms. The van der Waals surface area contributed by atoms with Gasteiger partial charge < -0.3 is 5.32 Å². The van der Waals surface area contributed by atoms with Gasteiger partial charge >= 0.3 is 0 Å². The van der Waals surface area contributed by atoms with E-state index in [1.54, 1.807) is 13.0 Å². The molecule has 1 amide bonds. The molecule has 0 radical (unpaired) electrons. The van der Waals surface area contributed by atoms with E-state index < -0.39 is 4.92 Å². The van der Waals surface area contributed by atoms with Gasteiger partial charge in [0.05, 0.1) is 4.92 Å². The first-order valence-electron chi connectivity index (χ1n) is 7.57. The first-order chi connectivity index (χ1) is 11.0. The molecule has 0 unspecified atom stereocenters. The van der Waals surface area contributed by atoms with Crippen LogP contribution in [0.5, 0.6) is 0 Å². The van der Waals surface area contributed by atoms with Gasteiger partial charge in [-0.05, 0) is 38.3 Å². The van der Waals surface area contributed by atoms with E-state index >= 15 is 0 Å². The molecule has 0 aliphatic heterocycles. The fraction of sp³-hybridized carbons (Fsp3) is 0.278. The van der Waals surface area contributed by atoms with E-state index in [1.807, 2.05) is 6.92 Å². The third kappa shape index (κ3) is 4.39. The molecular formula is C18H20N2O3. The normalized spacial score (nSPS) is 10.3. The molecule has 0 saturated heterocycles. The van der Waals surface area contributed by atoms with Crippen molar-refractivity contribution in [2.24, 2.45) is 0 Å². The monoisotopic (exact) mass is 312 g/mol. The van der Waals surface area contributed by atoms with Gasteiger partial charge in [0.1, 0.15) is 0 Å². The minimum Gasteiger partial charge on any atom is -0.352 e. The Balaban J connectivity index is 1.89. The molecule has 0 aliphatic rings. The van der Waals surface area contributed by atoms with Crippen LogP contribution in [0.4, 0.5) is 5.69 Å². The zero-order valence-electron chi connectivity index (χ0n) is 13.3. The molecule has 5 heteroatoms. The van der Waals surface area contributed by atoms with Crippen molar-refractivity contribution in [1.82, 2.24) is 5.32 Å². The van der Waals surface area contributed by atoms with Gasteiger partial charge in [-0.2, -0.15) is 0 Å². The second-order valence-corrected chi connectivity index (χ2v) is 5.55. The molecule has 23 heavy (non-hydrogen) atoms. The van der Waals surface area contributed by atoms with Gasteiger partial charge in [-0.15, -0.1) is 0 Å². The predicted molar refractivity (Wildman–Crippen MR) is 89.7 cm³/mol. The van der Waals surface area contributed by atoms with Gasteiger partial charge in [-0.25, -0.2) is 0 Å². The Morgan fingerprint density at radius 3 is 2.48 bits per heavy atom. The third-order valence-electron chi connectivity index (χ3n) is 3.79. The standard InChI is InChI=1S/C18H20N2O3/c1-13-8-10-15(11-9-13)5-4-12-19-18(21)16-6-3-7-17(14(16)2)20(22)23/h3,6-11H,4-5,12H2,1-2H3,(H,19,21). The molecule has 2 rings (SSSR count). The Morgan fingerprint density at radius 1 is 1.13 bits per heavy atom. The molecule has 0 atom stereocenters. The summed E-state index contributed by atoms with van der Waals surface area (Å²) in [4.78, 5) is 22.6. The summed E-state index contributed by atoms with van der Waals surface area (Å²) in [5.41, 5.74) is 3.18.